The van der Waals surface area contributed by atoms with Crippen LogP contribution in [0.5, 0.6) is 0 Å². The number of carbonyl (C=O) groups excluding carboxylic acids is 1. The first-order chi connectivity index (χ1) is 4.91. The highest BCUT2D eigenvalue weighted by Gasteiger charge is 2.36. The molecule has 0 aromatic rings. The Morgan fingerprint density at radius 2 is 2.00 bits per heavy atom. The van der Waals surface area contributed by atoms with Crippen molar-refractivity contribution in [2.75, 3.05) is 20.1 Å². The van der Waals surface area contributed by atoms with E-state index in [-0.39, 0.29) is 11.3 Å². The first-order valence-corrected chi connectivity index (χ1v) is 4.12. The third-order valence-electron chi connectivity index (χ3n) is 2.35. The van der Waals surface area contributed by atoms with Gasteiger partial charge >= 0.3 is 0 Å². The van der Waals surface area contributed by atoms with Crippen molar-refractivity contribution in [1.82, 2.24) is 4.90 Å². The number of ketones is 1. The molecule has 1 aliphatic rings. The Hall–Kier alpha value is -0.370. The lowest BCUT2D eigenvalue weighted by Crippen LogP contribution is -2.27. The second kappa shape index (κ2) is 2.59. The molecule has 0 bridgehead atoms. The quantitative estimate of drug-likeness (QED) is 0.523. The molecule has 0 saturated carbocycles. The van der Waals surface area contributed by atoms with Crippen molar-refractivity contribution in [3.05, 3.63) is 0 Å². The van der Waals surface area contributed by atoms with Crippen molar-refractivity contribution in [1.29, 1.82) is 0 Å². The van der Waals surface area contributed by atoms with Gasteiger partial charge in [0.05, 0.1) is 6.54 Å². The van der Waals surface area contributed by atoms with E-state index in [4.69, 9.17) is 0 Å². The number of likely N-dealkylation sites (tertiary alicyclic amines) is 1. The monoisotopic (exact) mass is 155 g/mol. The molecule has 0 aliphatic carbocycles. The highest BCUT2D eigenvalue weighted by Crippen LogP contribution is 2.30. The Morgan fingerprint density at radius 1 is 1.45 bits per heavy atom. The van der Waals surface area contributed by atoms with E-state index in [2.05, 4.69) is 25.7 Å². The second-order valence-corrected chi connectivity index (χ2v) is 4.58. The predicted molar refractivity (Wildman–Crippen MR) is 45.4 cm³/mol. The molecule has 1 saturated heterocycles. The minimum absolute atomic E-state index is 0.141. The van der Waals surface area contributed by atoms with Crippen LogP contribution in [0.3, 0.4) is 0 Å². The van der Waals surface area contributed by atoms with E-state index >= 15 is 0 Å². The maximum atomic E-state index is 11.4. The number of Topliss-reactive ketones (excluding diaryl/α,β-unsaturated/α-hetero) is 1. The zero-order chi connectivity index (χ0) is 8.65. The topological polar surface area (TPSA) is 20.3 Å². The number of likely N-dealkylation sites (N-methyl/N-ethyl adjacent to an activating group) is 1. The maximum absolute atomic E-state index is 11.4. The Balaban J connectivity index is 2.68. The van der Waals surface area contributed by atoms with Crippen LogP contribution in [0, 0.1) is 11.3 Å². The molecule has 1 rings (SSSR count). The largest absolute Gasteiger partial charge is 0.298 e. The van der Waals surface area contributed by atoms with Crippen LogP contribution < -0.4 is 0 Å². The van der Waals surface area contributed by atoms with Crippen molar-refractivity contribution in [2.45, 2.75) is 20.8 Å². The molecule has 0 aromatic heterocycles. The molecule has 0 spiro atoms. The van der Waals surface area contributed by atoms with Gasteiger partial charge in [0.1, 0.15) is 0 Å². The van der Waals surface area contributed by atoms with Gasteiger partial charge < -0.3 is 0 Å². The standard InChI is InChI=1S/C9H17NO/c1-9(2,3)7-5-10(4)6-8(7)11/h7H,5-6H2,1-4H3. The Kier molecular flexibility index (Phi) is 2.06. The van der Waals surface area contributed by atoms with Crippen LogP contribution in [0.15, 0.2) is 0 Å². The zero-order valence-corrected chi connectivity index (χ0v) is 7.85. The molecule has 0 N–H and O–H groups in total. The molecule has 1 atom stereocenters. The van der Waals surface area contributed by atoms with Crippen LogP contribution in [0.25, 0.3) is 0 Å². The first-order valence-electron chi connectivity index (χ1n) is 4.12. The van der Waals surface area contributed by atoms with Crippen molar-refractivity contribution >= 4 is 5.78 Å². The lowest BCUT2D eigenvalue weighted by Gasteiger charge is -2.24. The highest BCUT2D eigenvalue weighted by molar-refractivity contribution is 5.85. The molecule has 0 radical (unpaired) electrons. The van der Waals surface area contributed by atoms with E-state index in [9.17, 15) is 4.79 Å². The summed E-state index contributed by atoms with van der Waals surface area (Å²) in [5.74, 6) is 0.646. The highest BCUT2D eigenvalue weighted by atomic mass is 16.1. The van der Waals surface area contributed by atoms with Crippen LogP contribution in [0.1, 0.15) is 20.8 Å². The number of hydrogen-bond acceptors (Lipinski definition) is 2. The molecule has 1 fully saturated rings. The van der Waals surface area contributed by atoms with Crippen molar-refractivity contribution in [2.24, 2.45) is 11.3 Å². The minimum atomic E-state index is 0.141. The van der Waals surface area contributed by atoms with Gasteiger partial charge in [-0.25, -0.2) is 0 Å². The molecule has 0 amide bonds. The zero-order valence-electron chi connectivity index (χ0n) is 7.85. The number of carbonyl (C=O) groups is 1. The van der Waals surface area contributed by atoms with Gasteiger partial charge in [-0.15, -0.1) is 0 Å². The van der Waals surface area contributed by atoms with Crippen LogP contribution in [0.4, 0.5) is 0 Å². The van der Waals surface area contributed by atoms with E-state index in [1.165, 1.54) is 0 Å². The maximum Gasteiger partial charge on any atom is 0.151 e. The molecule has 11 heavy (non-hydrogen) atoms. The summed E-state index contributed by atoms with van der Waals surface area (Å²) in [5.41, 5.74) is 0.141. The SMILES string of the molecule is CN1CC(=O)C(C(C)(C)C)C1. The second-order valence-electron chi connectivity index (χ2n) is 4.58. The van der Waals surface area contributed by atoms with Crippen LogP contribution in [0.2, 0.25) is 0 Å². The molecule has 0 aromatic carbocycles. The lowest BCUT2D eigenvalue weighted by atomic mass is 9.80. The summed E-state index contributed by atoms with van der Waals surface area (Å²) in [6, 6.07) is 0. The van der Waals surface area contributed by atoms with Gasteiger partial charge in [-0.05, 0) is 12.5 Å². The van der Waals surface area contributed by atoms with E-state index in [1.54, 1.807) is 0 Å². The summed E-state index contributed by atoms with van der Waals surface area (Å²) in [5, 5.41) is 0. The van der Waals surface area contributed by atoms with Crippen LogP contribution in [-0.2, 0) is 4.79 Å². The molecular formula is C9H17NO. The fourth-order valence-corrected chi connectivity index (χ4v) is 1.61. The van der Waals surface area contributed by atoms with Gasteiger partial charge in [0, 0.05) is 12.5 Å². The molecule has 2 nitrogen and oxygen atoms in total. The van der Waals surface area contributed by atoms with Crippen molar-refractivity contribution in [3.8, 4) is 0 Å². The fourth-order valence-electron chi connectivity index (χ4n) is 1.61. The third kappa shape index (κ3) is 1.80. The molecule has 2 heteroatoms. The first kappa shape index (κ1) is 8.72. The van der Waals surface area contributed by atoms with Crippen LogP contribution >= 0.6 is 0 Å². The summed E-state index contributed by atoms with van der Waals surface area (Å²) in [6.45, 7) is 7.97. The van der Waals surface area contributed by atoms with Gasteiger partial charge in [0.2, 0.25) is 0 Å². The summed E-state index contributed by atoms with van der Waals surface area (Å²) in [4.78, 5) is 13.5. The Labute approximate surface area is 68.6 Å². The smallest absolute Gasteiger partial charge is 0.151 e. The van der Waals surface area contributed by atoms with Gasteiger partial charge in [-0.2, -0.15) is 0 Å². The summed E-state index contributed by atoms with van der Waals surface area (Å²) >= 11 is 0. The van der Waals surface area contributed by atoms with Gasteiger partial charge in [-0.1, -0.05) is 20.8 Å². The summed E-state index contributed by atoms with van der Waals surface area (Å²) < 4.78 is 0. The van der Waals surface area contributed by atoms with Crippen molar-refractivity contribution < 1.29 is 4.79 Å². The Bertz CT molecular complexity index is 169. The molecule has 1 unspecified atom stereocenters. The lowest BCUT2D eigenvalue weighted by molar-refractivity contribution is -0.122. The van der Waals surface area contributed by atoms with Gasteiger partial charge in [0.25, 0.3) is 0 Å². The Morgan fingerprint density at radius 3 is 2.18 bits per heavy atom. The van der Waals surface area contributed by atoms with E-state index in [0.29, 0.717) is 12.3 Å². The summed E-state index contributed by atoms with van der Waals surface area (Å²) in [7, 11) is 2.00. The van der Waals surface area contributed by atoms with E-state index < -0.39 is 0 Å². The van der Waals surface area contributed by atoms with E-state index in [0.717, 1.165) is 6.54 Å². The van der Waals surface area contributed by atoms with Crippen LogP contribution in [-0.4, -0.2) is 30.8 Å². The average molecular weight is 155 g/mol. The average Bonchev–Trinajstić information content (AvgIpc) is 2.08. The molecule has 64 valence electrons. The molecule has 1 heterocycles. The molecule has 1 aliphatic heterocycles. The number of hydrogen-bond donors (Lipinski definition) is 0. The third-order valence-corrected chi connectivity index (χ3v) is 2.35. The minimum Gasteiger partial charge on any atom is -0.298 e. The number of rotatable bonds is 0. The molecular weight excluding hydrogens is 138 g/mol. The normalized spacial score (nSPS) is 28.0. The number of nitrogens with zero attached hydrogens (tertiary/aromatic N) is 1. The predicted octanol–water partition coefficient (Wildman–Crippen LogP) is 1.16. The fraction of sp³-hybridized carbons (Fsp3) is 0.889. The van der Waals surface area contributed by atoms with Gasteiger partial charge in [-0.3, -0.25) is 9.69 Å². The van der Waals surface area contributed by atoms with E-state index in [1.807, 2.05) is 7.05 Å². The van der Waals surface area contributed by atoms with Crippen molar-refractivity contribution in [3.63, 3.8) is 0 Å². The summed E-state index contributed by atoms with van der Waals surface area (Å²) in [6.07, 6.45) is 0. The van der Waals surface area contributed by atoms with Gasteiger partial charge in [0.15, 0.2) is 5.78 Å².